The number of aryl methyl sites for hydroxylation is 1. The summed E-state index contributed by atoms with van der Waals surface area (Å²) in [7, 11) is 2.56. The van der Waals surface area contributed by atoms with E-state index >= 15 is 0 Å². The summed E-state index contributed by atoms with van der Waals surface area (Å²) >= 11 is 0. The molecule has 37 heavy (non-hydrogen) atoms. The average Bonchev–Trinajstić information content (AvgIpc) is 3.23. The van der Waals surface area contributed by atoms with E-state index < -0.39 is 24.0 Å². The van der Waals surface area contributed by atoms with Crippen LogP contribution in [0.2, 0.25) is 0 Å². The van der Waals surface area contributed by atoms with Gasteiger partial charge in [-0.25, -0.2) is 18.7 Å². The SMILES string of the molecule is COc1cc(OC)c(F)c(COc2cnc(Nc3ccc(OCC4COC(C)(C)O4)c(C)c3)nc2)c1F. The highest BCUT2D eigenvalue weighted by molar-refractivity contribution is 5.57. The first-order valence-corrected chi connectivity index (χ1v) is 11.5. The first-order chi connectivity index (χ1) is 17.7. The lowest BCUT2D eigenvalue weighted by atomic mass is 10.1. The molecule has 1 N–H and O–H groups in total. The predicted octanol–water partition coefficient (Wildman–Crippen LogP) is 4.93. The summed E-state index contributed by atoms with van der Waals surface area (Å²) in [6, 6.07) is 6.73. The van der Waals surface area contributed by atoms with Crippen LogP contribution in [-0.4, -0.2) is 49.3 Å². The molecule has 1 atom stereocenters. The molecule has 11 heteroatoms. The third-order valence-corrected chi connectivity index (χ3v) is 5.60. The van der Waals surface area contributed by atoms with Gasteiger partial charge in [0, 0.05) is 11.8 Å². The molecule has 1 unspecified atom stereocenters. The molecule has 4 rings (SSSR count). The van der Waals surface area contributed by atoms with Crippen LogP contribution in [0, 0.1) is 18.6 Å². The highest BCUT2D eigenvalue weighted by atomic mass is 19.1. The largest absolute Gasteiger partial charge is 0.494 e. The number of halogens is 2. The molecule has 0 spiro atoms. The number of hydrogen-bond acceptors (Lipinski definition) is 9. The molecule has 0 radical (unpaired) electrons. The van der Waals surface area contributed by atoms with Crippen LogP contribution in [0.15, 0.2) is 36.7 Å². The van der Waals surface area contributed by atoms with Crippen molar-refractivity contribution in [3.05, 3.63) is 59.4 Å². The number of ether oxygens (including phenoxy) is 6. The number of nitrogens with one attached hydrogen (secondary N) is 1. The van der Waals surface area contributed by atoms with Crippen LogP contribution in [0.25, 0.3) is 0 Å². The van der Waals surface area contributed by atoms with Gasteiger partial charge in [0.25, 0.3) is 0 Å². The quantitative estimate of drug-likeness (QED) is 0.402. The van der Waals surface area contributed by atoms with Gasteiger partial charge in [-0.1, -0.05) is 0 Å². The van der Waals surface area contributed by atoms with Gasteiger partial charge >= 0.3 is 0 Å². The van der Waals surface area contributed by atoms with E-state index in [0.717, 1.165) is 23.1 Å². The zero-order valence-electron chi connectivity index (χ0n) is 21.3. The van der Waals surface area contributed by atoms with Gasteiger partial charge in [-0.2, -0.15) is 0 Å². The number of benzene rings is 2. The lowest BCUT2D eigenvalue weighted by Crippen LogP contribution is -2.25. The van der Waals surface area contributed by atoms with E-state index in [-0.39, 0.29) is 28.9 Å². The second kappa shape index (κ2) is 11.1. The monoisotopic (exact) mass is 517 g/mol. The van der Waals surface area contributed by atoms with Crippen molar-refractivity contribution in [2.45, 2.75) is 39.3 Å². The lowest BCUT2D eigenvalue weighted by Gasteiger charge is -2.18. The fourth-order valence-electron chi connectivity index (χ4n) is 3.72. The van der Waals surface area contributed by atoms with Gasteiger partial charge in [-0.15, -0.1) is 0 Å². The minimum atomic E-state index is -0.865. The molecule has 1 fully saturated rings. The molecular weight excluding hydrogens is 488 g/mol. The van der Waals surface area contributed by atoms with Crippen molar-refractivity contribution in [2.24, 2.45) is 0 Å². The normalized spacial score (nSPS) is 16.4. The molecule has 0 bridgehead atoms. The number of aromatic nitrogens is 2. The zero-order valence-corrected chi connectivity index (χ0v) is 21.3. The summed E-state index contributed by atoms with van der Waals surface area (Å²) in [5.74, 6) is -1.34. The molecule has 2 heterocycles. The molecule has 2 aromatic carbocycles. The molecule has 0 amide bonds. The average molecular weight is 518 g/mol. The molecule has 1 aliphatic heterocycles. The minimum absolute atomic E-state index is 0.125. The Morgan fingerprint density at radius 2 is 1.68 bits per heavy atom. The van der Waals surface area contributed by atoms with E-state index in [1.807, 2.05) is 39.0 Å². The van der Waals surface area contributed by atoms with Crippen LogP contribution in [0.1, 0.15) is 25.0 Å². The van der Waals surface area contributed by atoms with Crippen LogP contribution in [0.4, 0.5) is 20.4 Å². The van der Waals surface area contributed by atoms with Crippen molar-refractivity contribution < 1.29 is 37.2 Å². The van der Waals surface area contributed by atoms with Gasteiger partial charge in [0.05, 0.1) is 38.8 Å². The summed E-state index contributed by atoms with van der Waals surface area (Å²) in [6.07, 6.45) is 2.68. The summed E-state index contributed by atoms with van der Waals surface area (Å²) < 4.78 is 61.6. The van der Waals surface area contributed by atoms with Gasteiger partial charge in [0.1, 0.15) is 25.1 Å². The van der Waals surface area contributed by atoms with Gasteiger partial charge < -0.3 is 33.7 Å². The molecule has 1 aliphatic rings. The van der Waals surface area contributed by atoms with Gasteiger partial charge in [0.2, 0.25) is 5.95 Å². The Kier molecular flexibility index (Phi) is 7.94. The molecule has 0 saturated carbocycles. The van der Waals surface area contributed by atoms with E-state index in [1.165, 1.54) is 26.6 Å². The van der Waals surface area contributed by atoms with E-state index in [0.29, 0.717) is 19.2 Å². The molecule has 1 saturated heterocycles. The van der Waals surface area contributed by atoms with E-state index in [2.05, 4.69) is 15.3 Å². The molecule has 1 aromatic heterocycles. The molecule has 198 valence electrons. The van der Waals surface area contributed by atoms with Crippen LogP contribution in [0.5, 0.6) is 23.0 Å². The second-order valence-corrected chi connectivity index (χ2v) is 8.79. The van der Waals surface area contributed by atoms with E-state index in [4.69, 9.17) is 28.4 Å². The smallest absolute Gasteiger partial charge is 0.227 e. The van der Waals surface area contributed by atoms with Gasteiger partial charge in [0.15, 0.2) is 34.7 Å². The van der Waals surface area contributed by atoms with Crippen molar-refractivity contribution in [2.75, 3.05) is 32.8 Å². The van der Waals surface area contributed by atoms with Crippen molar-refractivity contribution >= 4 is 11.6 Å². The second-order valence-electron chi connectivity index (χ2n) is 8.79. The number of anilines is 2. The Hall–Kier alpha value is -3.70. The van der Waals surface area contributed by atoms with Crippen molar-refractivity contribution in [1.29, 1.82) is 0 Å². The van der Waals surface area contributed by atoms with Crippen LogP contribution >= 0.6 is 0 Å². The number of methoxy groups -OCH3 is 2. The van der Waals surface area contributed by atoms with Crippen molar-refractivity contribution in [3.8, 4) is 23.0 Å². The third kappa shape index (κ3) is 6.36. The summed E-state index contributed by atoms with van der Waals surface area (Å²) in [6.45, 7) is 6.14. The lowest BCUT2D eigenvalue weighted by molar-refractivity contribution is -0.141. The topological polar surface area (TPSA) is 93.2 Å². The van der Waals surface area contributed by atoms with Crippen LogP contribution in [0.3, 0.4) is 0 Å². The summed E-state index contributed by atoms with van der Waals surface area (Å²) in [5, 5.41) is 3.10. The Labute approximate surface area is 213 Å². The number of rotatable bonds is 10. The summed E-state index contributed by atoms with van der Waals surface area (Å²) in [4.78, 5) is 8.41. The molecular formula is C26H29F2N3O6. The maximum atomic E-state index is 14.5. The molecule has 3 aromatic rings. The maximum Gasteiger partial charge on any atom is 0.227 e. The Bertz CT molecular complexity index is 1210. The fourth-order valence-corrected chi connectivity index (χ4v) is 3.72. The first kappa shape index (κ1) is 26.4. The number of nitrogens with zero attached hydrogens (tertiary/aromatic N) is 2. The summed E-state index contributed by atoms with van der Waals surface area (Å²) in [5.41, 5.74) is 1.35. The van der Waals surface area contributed by atoms with Gasteiger partial charge in [-0.05, 0) is 44.5 Å². The first-order valence-electron chi connectivity index (χ1n) is 11.5. The Balaban J connectivity index is 1.34. The van der Waals surface area contributed by atoms with E-state index in [1.54, 1.807) is 0 Å². The van der Waals surface area contributed by atoms with Crippen molar-refractivity contribution in [3.63, 3.8) is 0 Å². The van der Waals surface area contributed by atoms with E-state index in [9.17, 15) is 8.78 Å². The Morgan fingerprint density at radius 1 is 1.00 bits per heavy atom. The van der Waals surface area contributed by atoms with Crippen LogP contribution < -0.4 is 24.3 Å². The molecule has 9 nitrogen and oxygen atoms in total. The highest BCUT2D eigenvalue weighted by Crippen LogP contribution is 2.32. The standard InChI is InChI=1S/C26H29F2N3O6/c1-15-8-16(6-7-20(15)35-12-18-13-36-26(2,3)37-18)31-25-29-10-17(11-30-25)34-14-19-23(27)21(32-4)9-22(33-5)24(19)28/h6-11,18H,12-14H2,1-5H3,(H,29,30,31). The zero-order chi connectivity index (χ0) is 26.6. The highest BCUT2D eigenvalue weighted by Gasteiger charge is 2.33. The fraction of sp³-hybridized carbons (Fsp3) is 0.385. The predicted molar refractivity (Wildman–Crippen MR) is 131 cm³/mol. The molecule has 0 aliphatic carbocycles. The van der Waals surface area contributed by atoms with Crippen molar-refractivity contribution in [1.82, 2.24) is 9.97 Å². The minimum Gasteiger partial charge on any atom is -0.494 e. The Morgan fingerprint density at radius 3 is 2.24 bits per heavy atom. The van der Waals surface area contributed by atoms with Gasteiger partial charge in [-0.3, -0.25) is 0 Å². The van der Waals surface area contributed by atoms with Crippen LogP contribution in [-0.2, 0) is 16.1 Å². The third-order valence-electron chi connectivity index (χ3n) is 5.60. The maximum absolute atomic E-state index is 14.5. The number of hydrogen-bond donors (Lipinski definition) is 1.